The molecular formula is C15H18N6. The van der Waals surface area contributed by atoms with Gasteiger partial charge in [0.2, 0.25) is 0 Å². The zero-order valence-electron chi connectivity index (χ0n) is 11.7. The Hall–Kier alpha value is -2.63. The molecule has 1 aromatic carbocycles. The second-order valence-electron chi connectivity index (χ2n) is 4.99. The molecule has 1 fully saturated rings. The summed E-state index contributed by atoms with van der Waals surface area (Å²) >= 11 is 0. The summed E-state index contributed by atoms with van der Waals surface area (Å²) in [6, 6.07) is 12.1. The van der Waals surface area contributed by atoms with Crippen molar-refractivity contribution in [3.05, 3.63) is 48.2 Å². The standard InChI is InChI=1S/C15H18N6/c16-14(17)13-6-7-18-19-15(13)21-10-8-20(9-11-21)12-4-2-1-3-5-12/h1-7H,8-11H2,(H3,16,17). The van der Waals surface area contributed by atoms with Crippen LogP contribution in [0.1, 0.15) is 5.56 Å². The maximum absolute atomic E-state index is 7.64. The van der Waals surface area contributed by atoms with Crippen molar-refractivity contribution in [3.63, 3.8) is 0 Å². The Morgan fingerprint density at radius 1 is 1.00 bits per heavy atom. The van der Waals surface area contributed by atoms with Gasteiger partial charge in [-0.25, -0.2) is 0 Å². The fourth-order valence-electron chi connectivity index (χ4n) is 2.58. The number of nitrogens with one attached hydrogen (secondary N) is 1. The molecule has 1 aliphatic rings. The van der Waals surface area contributed by atoms with Crippen LogP contribution in [0.15, 0.2) is 42.6 Å². The van der Waals surface area contributed by atoms with Gasteiger partial charge in [0.05, 0.1) is 11.8 Å². The highest BCUT2D eigenvalue weighted by Gasteiger charge is 2.21. The molecule has 0 unspecified atom stereocenters. The van der Waals surface area contributed by atoms with Crippen LogP contribution >= 0.6 is 0 Å². The molecule has 0 atom stereocenters. The molecule has 108 valence electrons. The van der Waals surface area contributed by atoms with Crippen LogP contribution in [0.5, 0.6) is 0 Å². The monoisotopic (exact) mass is 282 g/mol. The second kappa shape index (κ2) is 5.78. The number of nitrogen functional groups attached to an aromatic ring is 1. The normalized spacial score (nSPS) is 15.0. The lowest BCUT2D eigenvalue weighted by Crippen LogP contribution is -2.47. The van der Waals surface area contributed by atoms with E-state index in [1.165, 1.54) is 5.69 Å². The number of benzene rings is 1. The predicted octanol–water partition coefficient (Wildman–Crippen LogP) is 1.09. The maximum atomic E-state index is 7.64. The van der Waals surface area contributed by atoms with Crippen LogP contribution in [0.25, 0.3) is 0 Å². The van der Waals surface area contributed by atoms with E-state index >= 15 is 0 Å². The molecule has 0 bridgehead atoms. The number of amidine groups is 1. The van der Waals surface area contributed by atoms with Crippen LogP contribution in [0, 0.1) is 5.41 Å². The van der Waals surface area contributed by atoms with Crippen molar-refractivity contribution in [2.24, 2.45) is 5.73 Å². The minimum atomic E-state index is 0.0328. The van der Waals surface area contributed by atoms with Crippen molar-refractivity contribution in [2.45, 2.75) is 0 Å². The van der Waals surface area contributed by atoms with Crippen molar-refractivity contribution in [1.82, 2.24) is 10.2 Å². The van der Waals surface area contributed by atoms with Crippen molar-refractivity contribution < 1.29 is 0 Å². The molecule has 21 heavy (non-hydrogen) atoms. The van der Waals surface area contributed by atoms with Gasteiger partial charge in [-0.15, -0.1) is 5.10 Å². The summed E-state index contributed by atoms with van der Waals surface area (Å²) in [7, 11) is 0. The molecule has 0 aliphatic carbocycles. The van der Waals surface area contributed by atoms with E-state index in [0.29, 0.717) is 11.4 Å². The fraction of sp³-hybridized carbons (Fsp3) is 0.267. The number of nitrogens with zero attached hydrogens (tertiary/aromatic N) is 4. The van der Waals surface area contributed by atoms with Gasteiger partial charge in [-0.3, -0.25) is 5.41 Å². The first-order valence-electron chi connectivity index (χ1n) is 6.97. The smallest absolute Gasteiger partial charge is 0.162 e. The first-order valence-corrected chi connectivity index (χ1v) is 6.97. The zero-order valence-corrected chi connectivity index (χ0v) is 11.7. The molecule has 2 heterocycles. The lowest BCUT2D eigenvalue weighted by molar-refractivity contribution is 0.643. The van der Waals surface area contributed by atoms with Crippen LogP contribution < -0.4 is 15.5 Å². The fourth-order valence-corrected chi connectivity index (χ4v) is 2.58. The molecule has 3 N–H and O–H groups in total. The largest absolute Gasteiger partial charge is 0.384 e. The Bertz CT molecular complexity index is 619. The number of piperazine rings is 1. The lowest BCUT2D eigenvalue weighted by atomic mass is 10.2. The average molecular weight is 282 g/mol. The molecule has 0 saturated carbocycles. The lowest BCUT2D eigenvalue weighted by Gasteiger charge is -2.37. The highest BCUT2D eigenvalue weighted by molar-refractivity contribution is 5.99. The number of hydrogen-bond acceptors (Lipinski definition) is 5. The van der Waals surface area contributed by atoms with E-state index in [1.54, 1.807) is 12.3 Å². The van der Waals surface area contributed by atoms with E-state index in [0.717, 1.165) is 26.2 Å². The molecule has 6 nitrogen and oxygen atoms in total. The molecule has 2 aromatic rings. The molecule has 0 amide bonds. The number of rotatable bonds is 3. The topological polar surface area (TPSA) is 82.1 Å². The summed E-state index contributed by atoms with van der Waals surface area (Å²) in [5.41, 5.74) is 7.51. The summed E-state index contributed by atoms with van der Waals surface area (Å²) in [4.78, 5) is 4.49. The van der Waals surface area contributed by atoms with Gasteiger partial charge in [0.1, 0.15) is 5.84 Å². The van der Waals surface area contributed by atoms with Crippen molar-refractivity contribution in [3.8, 4) is 0 Å². The van der Waals surface area contributed by atoms with Crippen LogP contribution in [0.2, 0.25) is 0 Å². The van der Waals surface area contributed by atoms with Crippen molar-refractivity contribution >= 4 is 17.3 Å². The van der Waals surface area contributed by atoms with Crippen LogP contribution in [0.3, 0.4) is 0 Å². The summed E-state index contributed by atoms with van der Waals surface area (Å²) in [5.74, 6) is 0.739. The molecule has 6 heteroatoms. The Kier molecular flexibility index (Phi) is 3.68. The number of anilines is 2. The van der Waals surface area contributed by atoms with Gasteiger partial charge in [-0.2, -0.15) is 5.10 Å². The SMILES string of the molecule is N=C(N)c1ccnnc1N1CCN(c2ccccc2)CC1. The quantitative estimate of drug-likeness (QED) is 0.650. The van der Waals surface area contributed by atoms with Crippen molar-refractivity contribution in [2.75, 3.05) is 36.0 Å². The highest BCUT2D eigenvalue weighted by atomic mass is 15.3. The van der Waals surface area contributed by atoms with Gasteiger partial charge in [-0.1, -0.05) is 18.2 Å². The molecule has 0 radical (unpaired) electrons. The van der Waals surface area contributed by atoms with Crippen LogP contribution in [-0.4, -0.2) is 42.2 Å². The molecule has 1 saturated heterocycles. The van der Waals surface area contributed by atoms with Gasteiger partial charge in [0.25, 0.3) is 0 Å². The second-order valence-corrected chi connectivity index (χ2v) is 4.99. The van der Waals surface area contributed by atoms with Crippen LogP contribution in [0.4, 0.5) is 11.5 Å². The Labute approximate surface area is 123 Å². The number of aromatic nitrogens is 2. The van der Waals surface area contributed by atoms with Gasteiger partial charge in [-0.05, 0) is 18.2 Å². The van der Waals surface area contributed by atoms with Crippen molar-refractivity contribution in [1.29, 1.82) is 5.41 Å². The number of nitrogens with two attached hydrogens (primary N) is 1. The summed E-state index contributed by atoms with van der Waals surface area (Å²) in [6.45, 7) is 3.51. The summed E-state index contributed by atoms with van der Waals surface area (Å²) in [5, 5.41) is 15.7. The molecular weight excluding hydrogens is 264 g/mol. The molecule has 3 rings (SSSR count). The van der Waals surface area contributed by atoms with E-state index in [2.05, 4.69) is 44.3 Å². The van der Waals surface area contributed by atoms with Gasteiger partial charge >= 0.3 is 0 Å². The Balaban J connectivity index is 1.73. The highest BCUT2D eigenvalue weighted by Crippen LogP contribution is 2.20. The van der Waals surface area contributed by atoms with Gasteiger partial charge < -0.3 is 15.5 Å². The summed E-state index contributed by atoms with van der Waals surface area (Å²) < 4.78 is 0. The first-order chi connectivity index (χ1) is 10.3. The van der Waals surface area contributed by atoms with E-state index < -0.39 is 0 Å². The third-order valence-electron chi connectivity index (χ3n) is 3.69. The number of para-hydroxylation sites is 1. The Morgan fingerprint density at radius 3 is 2.33 bits per heavy atom. The third-order valence-corrected chi connectivity index (χ3v) is 3.69. The summed E-state index contributed by atoms with van der Waals surface area (Å²) in [6.07, 6.45) is 1.57. The predicted molar refractivity (Wildman–Crippen MR) is 83.9 cm³/mol. The zero-order chi connectivity index (χ0) is 14.7. The minimum absolute atomic E-state index is 0.0328. The molecule has 1 aliphatic heterocycles. The minimum Gasteiger partial charge on any atom is -0.384 e. The van der Waals surface area contributed by atoms with Gasteiger partial charge in [0, 0.05) is 31.9 Å². The average Bonchev–Trinajstić information content (AvgIpc) is 2.56. The maximum Gasteiger partial charge on any atom is 0.162 e. The van der Waals surface area contributed by atoms with E-state index in [9.17, 15) is 0 Å². The van der Waals surface area contributed by atoms with E-state index in [1.807, 2.05) is 6.07 Å². The molecule has 0 spiro atoms. The number of hydrogen-bond donors (Lipinski definition) is 2. The molecule has 1 aromatic heterocycles. The third kappa shape index (κ3) is 2.79. The van der Waals surface area contributed by atoms with E-state index in [-0.39, 0.29) is 5.84 Å². The van der Waals surface area contributed by atoms with E-state index in [4.69, 9.17) is 11.1 Å². The first kappa shape index (κ1) is 13.4. The Morgan fingerprint density at radius 2 is 1.67 bits per heavy atom. The van der Waals surface area contributed by atoms with Gasteiger partial charge in [0.15, 0.2) is 5.82 Å². The van der Waals surface area contributed by atoms with Crippen LogP contribution in [-0.2, 0) is 0 Å².